The smallest absolute Gasteiger partial charge is 0.270 e. The molecule has 1 amide bonds. The highest BCUT2D eigenvalue weighted by atomic mass is 35.5. The Kier molecular flexibility index (Phi) is 6.33. The molecule has 12 heteroatoms. The molecule has 0 fully saturated rings. The van der Waals surface area contributed by atoms with Gasteiger partial charge in [-0.3, -0.25) is 10.1 Å². The van der Waals surface area contributed by atoms with Crippen molar-refractivity contribution in [2.45, 2.75) is 17.8 Å². The van der Waals surface area contributed by atoms with Crippen LogP contribution >= 0.6 is 22.9 Å². The Bertz CT molecular complexity index is 1370. The maximum atomic E-state index is 12.6. The molecule has 0 radical (unpaired) electrons. The average molecular weight is 489 g/mol. The molecule has 4 rings (SSSR count). The maximum Gasteiger partial charge on any atom is 0.270 e. The number of halogens is 1. The molecule has 0 aliphatic carbocycles. The summed E-state index contributed by atoms with van der Waals surface area (Å²) in [6, 6.07) is 13.9. The van der Waals surface area contributed by atoms with Gasteiger partial charge in [-0.2, -0.15) is 0 Å². The Balaban J connectivity index is 1.40. The largest absolute Gasteiger partial charge is 0.304 e. The first kappa shape index (κ1) is 22.1. The zero-order valence-electron chi connectivity index (χ0n) is 16.7. The van der Waals surface area contributed by atoms with Crippen molar-refractivity contribution < 1.29 is 13.2 Å². The van der Waals surface area contributed by atoms with Crippen molar-refractivity contribution in [3.63, 3.8) is 0 Å². The topological polar surface area (TPSA) is 119 Å². The molecule has 0 aliphatic rings. The van der Waals surface area contributed by atoms with E-state index >= 15 is 0 Å². The van der Waals surface area contributed by atoms with E-state index < -0.39 is 15.9 Å². The van der Waals surface area contributed by atoms with E-state index in [2.05, 4.69) is 25.2 Å². The van der Waals surface area contributed by atoms with E-state index in [1.54, 1.807) is 30.5 Å². The van der Waals surface area contributed by atoms with Crippen molar-refractivity contribution in [3.05, 3.63) is 82.9 Å². The van der Waals surface area contributed by atoms with E-state index in [4.69, 9.17) is 11.6 Å². The Morgan fingerprint density at radius 1 is 1.12 bits per heavy atom. The summed E-state index contributed by atoms with van der Waals surface area (Å²) in [6.07, 6.45) is 3.56. The standard InChI is InChI=1S/C20H17ClN6O3S2/c1-13-22-10-11-27(13)15-8-6-14(7-9-15)12-23-32(29,30)20-26-25-19(31-20)24-18(28)16-4-2-3-5-17(16)21/h2-11,23H,12H2,1H3,(H,24,25,28). The van der Waals surface area contributed by atoms with Gasteiger partial charge in [0, 0.05) is 24.6 Å². The lowest BCUT2D eigenvalue weighted by Gasteiger charge is -2.07. The minimum Gasteiger partial charge on any atom is -0.304 e. The average Bonchev–Trinajstić information content (AvgIpc) is 3.42. The molecule has 0 unspecified atom stereocenters. The van der Waals surface area contributed by atoms with Crippen LogP contribution in [0.15, 0.2) is 65.3 Å². The zero-order chi connectivity index (χ0) is 22.7. The fourth-order valence-corrected chi connectivity index (χ4v) is 5.02. The summed E-state index contributed by atoms with van der Waals surface area (Å²) in [4.78, 5) is 16.5. The van der Waals surface area contributed by atoms with Gasteiger partial charge in [0.2, 0.25) is 9.47 Å². The molecule has 9 nitrogen and oxygen atoms in total. The second-order valence-corrected chi connectivity index (χ2v) is 9.97. The third kappa shape index (κ3) is 4.86. The molecule has 0 saturated heterocycles. The lowest BCUT2D eigenvalue weighted by atomic mass is 10.2. The van der Waals surface area contributed by atoms with Crippen molar-refractivity contribution in [2.75, 3.05) is 5.32 Å². The first-order chi connectivity index (χ1) is 15.3. The van der Waals surface area contributed by atoms with Gasteiger partial charge in [-0.15, -0.1) is 10.2 Å². The van der Waals surface area contributed by atoms with Gasteiger partial charge >= 0.3 is 0 Å². The zero-order valence-corrected chi connectivity index (χ0v) is 19.1. The summed E-state index contributed by atoms with van der Waals surface area (Å²) in [5.41, 5.74) is 1.95. The van der Waals surface area contributed by atoms with Gasteiger partial charge < -0.3 is 4.57 Å². The van der Waals surface area contributed by atoms with Crippen molar-refractivity contribution in [2.24, 2.45) is 0 Å². The van der Waals surface area contributed by atoms with Gasteiger partial charge in [0.15, 0.2) is 0 Å². The van der Waals surface area contributed by atoms with E-state index in [-0.39, 0.29) is 26.6 Å². The van der Waals surface area contributed by atoms with Crippen LogP contribution in [0.4, 0.5) is 5.13 Å². The molecule has 0 atom stereocenters. The van der Waals surface area contributed by atoms with Gasteiger partial charge in [-0.25, -0.2) is 18.1 Å². The third-order valence-electron chi connectivity index (χ3n) is 4.48. The molecule has 2 aromatic heterocycles. The lowest BCUT2D eigenvalue weighted by Crippen LogP contribution is -2.23. The number of rotatable bonds is 7. The molecular weight excluding hydrogens is 472 g/mol. The predicted octanol–water partition coefficient (Wildman–Crippen LogP) is 3.42. The van der Waals surface area contributed by atoms with E-state index in [0.717, 1.165) is 28.4 Å². The highest BCUT2D eigenvalue weighted by molar-refractivity contribution is 7.91. The summed E-state index contributed by atoms with van der Waals surface area (Å²) in [6.45, 7) is 1.97. The number of anilines is 1. The number of carbonyl (C=O) groups is 1. The number of aromatic nitrogens is 4. The normalized spacial score (nSPS) is 11.4. The minimum absolute atomic E-state index is 0.0512. The van der Waals surface area contributed by atoms with Crippen LogP contribution in [0.2, 0.25) is 5.02 Å². The van der Waals surface area contributed by atoms with Crippen molar-refractivity contribution in [1.29, 1.82) is 0 Å². The molecule has 0 spiro atoms. The Morgan fingerprint density at radius 3 is 2.56 bits per heavy atom. The van der Waals surface area contributed by atoms with Crippen LogP contribution in [-0.4, -0.2) is 34.1 Å². The monoisotopic (exact) mass is 488 g/mol. The number of nitrogens with one attached hydrogen (secondary N) is 2. The second-order valence-electron chi connectivity index (χ2n) is 6.64. The molecule has 164 valence electrons. The lowest BCUT2D eigenvalue weighted by molar-refractivity contribution is 0.102. The van der Waals surface area contributed by atoms with Crippen LogP contribution in [0.1, 0.15) is 21.7 Å². The summed E-state index contributed by atoms with van der Waals surface area (Å²) >= 11 is 6.75. The molecule has 2 heterocycles. The number of carbonyl (C=O) groups excluding carboxylic acids is 1. The van der Waals surface area contributed by atoms with Crippen LogP contribution in [0.5, 0.6) is 0 Å². The van der Waals surface area contributed by atoms with Crippen LogP contribution in [0.3, 0.4) is 0 Å². The quantitative estimate of drug-likeness (QED) is 0.385. The van der Waals surface area contributed by atoms with Gasteiger partial charge in [0.05, 0.1) is 10.6 Å². The first-order valence-corrected chi connectivity index (χ1v) is 12.0. The van der Waals surface area contributed by atoms with Crippen LogP contribution in [-0.2, 0) is 16.6 Å². The van der Waals surface area contributed by atoms with Gasteiger partial charge in [-0.05, 0) is 36.8 Å². The van der Waals surface area contributed by atoms with Gasteiger partial charge in [0.25, 0.3) is 15.9 Å². The van der Waals surface area contributed by atoms with E-state index in [1.807, 2.05) is 42.0 Å². The molecule has 0 saturated carbocycles. The summed E-state index contributed by atoms with van der Waals surface area (Å²) in [5.74, 6) is 0.351. The molecule has 2 aromatic carbocycles. The predicted molar refractivity (Wildman–Crippen MR) is 122 cm³/mol. The highest BCUT2D eigenvalue weighted by Crippen LogP contribution is 2.22. The number of hydrogen-bond donors (Lipinski definition) is 2. The summed E-state index contributed by atoms with van der Waals surface area (Å²) < 4.78 is 29.3. The van der Waals surface area contributed by atoms with Crippen LogP contribution < -0.4 is 10.0 Å². The number of hydrogen-bond acceptors (Lipinski definition) is 7. The highest BCUT2D eigenvalue weighted by Gasteiger charge is 2.21. The number of imidazole rings is 1. The summed E-state index contributed by atoms with van der Waals surface area (Å²) in [5, 5.41) is 10.3. The Morgan fingerprint density at radius 2 is 1.88 bits per heavy atom. The van der Waals surface area contributed by atoms with Crippen molar-refractivity contribution in [3.8, 4) is 5.69 Å². The number of amides is 1. The molecule has 2 N–H and O–H groups in total. The molecular formula is C20H17ClN6O3S2. The van der Waals surface area contributed by atoms with Crippen molar-refractivity contribution >= 4 is 44.0 Å². The molecule has 0 aliphatic heterocycles. The van der Waals surface area contributed by atoms with E-state index in [0.29, 0.717) is 0 Å². The second kappa shape index (κ2) is 9.17. The fourth-order valence-electron chi connectivity index (χ4n) is 2.84. The first-order valence-electron chi connectivity index (χ1n) is 9.32. The number of sulfonamides is 1. The van der Waals surface area contributed by atoms with Gasteiger partial charge in [-0.1, -0.05) is 47.2 Å². The molecule has 0 bridgehead atoms. The number of aryl methyl sites for hydroxylation is 1. The van der Waals surface area contributed by atoms with Crippen LogP contribution in [0.25, 0.3) is 5.69 Å². The maximum absolute atomic E-state index is 12.6. The number of nitrogens with zero attached hydrogens (tertiary/aromatic N) is 4. The SMILES string of the molecule is Cc1nccn1-c1ccc(CNS(=O)(=O)c2nnc(NC(=O)c3ccccc3Cl)s2)cc1. The van der Waals surface area contributed by atoms with Crippen LogP contribution in [0, 0.1) is 6.92 Å². The van der Waals surface area contributed by atoms with Gasteiger partial charge in [0.1, 0.15) is 5.82 Å². The summed E-state index contributed by atoms with van der Waals surface area (Å²) in [7, 11) is -3.90. The van der Waals surface area contributed by atoms with E-state index in [9.17, 15) is 13.2 Å². The minimum atomic E-state index is -3.90. The number of benzene rings is 2. The Labute approximate surface area is 193 Å². The van der Waals surface area contributed by atoms with Crippen molar-refractivity contribution in [1.82, 2.24) is 24.5 Å². The molecule has 32 heavy (non-hydrogen) atoms. The van der Waals surface area contributed by atoms with E-state index in [1.165, 1.54) is 0 Å². The molecule has 4 aromatic rings. The fraction of sp³-hybridized carbons (Fsp3) is 0.100. The third-order valence-corrected chi connectivity index (χ3v) is 7.42. The Hall–Kier alpha value is -3.12.